The standard InChI is InChI=1S/C16H13Cl2N5/c17-9-1-6-13(18)12(7-9)14-8-15(23-16(20)22-14)21-11-4-2-10(19)3-5-11/h1-8H,19H2,(H3,20,21,22,23). The van der Waals surface area contributed by atoms with E-state index in [-0.39, 0.29) is 5.95 Å². The van der Waals surface area contributed by atoms with Crippen LogP contribution in [0, 0.1) is 0 Å². The van der Waals surface area contributed by atoms with Gasteiger partial charge in [0.25, 0.3) is 0 Å². The number of hydrogen-bond acceptors (Lipinski definition) is 5. The van der Waals surface area contributed by atoms with Crippen molar-refractivity contribution in [2.75, 3.05) is 16.8 Å². The van der Waals surface area contributed by atoms with Crippen LogP contribution in [0.3, 0.4) is 0 Å². The highest BCUT2D eigenvalue weighted by molar-refractivity contribution is 6.35. The van der Waals surface area contributed by atoms with Gasteiger partial charge in [0.2, 0.25) is 5.95 Å². The molecule has 23 heavy (non-hydrogen) atoms. The summed E-state index contributed by atoms with van der Waals surface area (Å²) in [6, 6.07) is 14.2. The molecule has 0 amide bonds. The second-order valence-electron chi connectivity index (χ2n) is 4.87. The number of nitrogen functional groups attached to an aromatic ring is 2. The van der Waals surface area contributed by atoms with E-state index in [1.807, 2.05) is 12.1 Å². The number of halogens is 2. The number of hydrogen-bond donors (Lipinski definition) is 3. The zero-order valence-electron chi connectivity index (χ0n) is 11.9. The molecule has 2 aromatic carbocycles. The van der Waals surface area contributed by atoms with Crippen LogP contribution in [-0.4, -0.2) is 9.97 Å². The fourth-order valence-electron chi connectivity index (χ4n) is 2.08. The molecule has 0 saturated carbocycles. The van der Waals surface area contributed by atoms with Crippen LogP contribution in [0.5, 0.6) is 0 Å². The van der Waals surface area contributed by atoms with E-state index in [1.165, 1.54) is 0 Å². The Bertz CT molecular complexity index is 850. The quantitative estimate of drug-likeness (QED) is 0.613. The van der Waals surface area contributed by atoms with Gasteiger partial charge >= 0.3 is 0 Å². The van der Waals surface area contributed by atoms with Gasteiger partial charge in [0.05, 0.1) is 10.7 Å². The lowest BCUT2D eigenvalue weighted by molar-refractivity contribution is 1.19. The molecule has 5 N–H and O–H groups in total. The first-order valence-corrected chi connectivity index (χ1v) is 7.49. The SMILES string of the molecule is Nc1ccc(Nc2cc(-c3cc(Cl)ccc3Cl)nc(N)n2)cc1. The topological polar surface area (TPSA) is 89.8 Å². The Labute approximate surface area is 143 Å². The maximum Gasteiger partial charge on any atom is 0.222 e. The fourth-order valence-corrected chi connectivity index (χ4v) is 2.46. The molecule has 0 saturated heterocycles. The number of benzene rings is 2. The molecule has 0 unspecified atom stereocenters. The molecule has 0 atom stereocenters. The van der Waals surface area contributed by atoms with Crippen molar-refractivity contribution in [3.05, 3.63) is 58.6 Å². The summed E-state index contributed by atoms with van der Waals surface area (Å²) < 4.78 is 0. The molecule has 0 aliphatic carbocycles. The summed E-state index contributed by atoms with van der Waals surface area (Å²) in [4.78, 5) is 8.40. The van der Waals surface area contributed by atoms with Gasteiger partial charge in [-0.2, -0.15) is 4.98 Å². The van der Waals surface area contributed by atoms with E-state index in [9.17, 15) is 0 Å². The van der Waals surface area contributed by atoms with E-state index in [0.29, 0.717) is 32.8 Å². The van der Waals surface area contributed by atoms with Crippen molar-refractivity contribution >= 4 is 46.3 Å². The van der Waals surface area contributed by atoms with Gasteiger partial charge in [0.15, 0.2) is 0 Å². The molecular formula is C16H13Cl2N5. The van der Waals surface area contributed by atoms with Crippen LogP contribution < -0.4 is 16.8 Å². The second kappa shape index (κ2) is 6.32. The number of nitrogens with two attached hydrogens (primary N) is 2. The van der Waals surface area contributed by atoms with E-state index >= 15 is 0 Å². The monoisotopic (exact) mass is 345 g/mol. The summed E-state index contributed by atoms with van der Waals surface area (Å²) in [5.41, 5.74) is 14.3. The predicted octanol–water partition coefficient (Wildman–Crippen LogP) is 4.36. The molecule has 3 rings (SSSR count). The van der Waals surface area contributed by atoms with Gasteiger partial charge in [-0.25, -0.2) is 4.98 Å². The minimum absolute atomic E-state index is 0.136. The highest BCUT2D eigenvalue weighted by Crippen LogP contribution is 2.31. The third-order valence-corrected chi connectivity index (χ3v) is 3.70. The minimum Gasteiger partial charge on any atom is -0.399 e. The van der Waals surface area contributed by atoms with Gasteiger partial charge in [0, 0.05) is 28.0 Å². The normalized spacial score (nSPS) is 10.5. The van der Waals surface area contributed by atoms with Crippen LogP contribution in [0.2, 0.25) is 10.0 Å². The molecule has 5 nitrogen and oxygen atoms in total. The average Bonchev–Trinajstić information content (AvgIpc) is 2.51. The largest absolute Gasteiger partial charge is 0.399 e. The number of anilines is 4. The summed E-state index contributed by atoms with van der Waals surface area (Å²) in [5, 5.41) is 4.25. The molecule has 0 fully saturated rings. The molecule has 1 heterocycles. The van der Waals surface area contributed by atoms with Crippen molar-refractivity contribution in [3.8, 4) is 11.3 Å². The highest BCUT2D eigenvalue weighted by atomic mass is 35.5. The fraction of sp³-hybridized carbons (Fsp3) is 0. The summed E-state index contributed by atoms with van der Waals surface area (Å²) in [6.07, 6.45) is 0. The van der Waals surface area contributed by atoms with Crippen LogP contribution in [-0.2, 0) is 0 Å². The van der Waals surface area contributed by atoms with Crippen molar-refractivity contribution in [2.45, 2.75) is 0 Å². The Morgan fingerprint density at radius 3 is 2.35 bits per heavy atom. The first kappa shape index (κ1) is 15.4. The van der Waals surface area contributed by atoms with E-state index in [2.05, 4.69) is 15.3 Å². The lowest BCUT2D eigenvalue weighted by Gasteiger charge is -2.10. The van der Waals surface area contributed by atoms with Gasteiger partial charge < -0.3 is 16.8 Å². The van der Waals surface area contributed by atoms with Gasteiger partial charge in [0.1, 0.15) is 5.82 Å². The average molecular weight is 346 g/mol. The summed E-state index contributed by atoms with van der Waals surface area (Å²) >= 11 is 12.2. The molecule has 0 spiro atoms. The summed E-state index contributed by atoms with van der Waals surface area (Å²) in [6.45, 7) is 0. The molecule has 116 valence electrons. The lowest BCUT2D eigenvalue weighted by Crippen LogP contribution is -2.01. The molecule has 1 aromatic heterocycles. The van der Waals surface area contributed by atoms with Crippen LogP contribution >= 0.6 is 23.2 Å². The molecule has 3 aromatic rings. The van der Waals surface area contributed by atoms with Crippen LogP contribution in [0.25, 0.3) is 11.3 Å². The van der Waals surface area contributed by atoms with Crippen molar-refractivity contribution in [1.29, 1.82) is 0 Å². The van der Waals surface area contributed by atoms with E-state index in [4.69, 9.17) is 34.7 Å². The molecule has 7 heteroatoms. The van der Waals surface area contributed by atoms with E-state index in [0.717, 1.165) is 5.69 Å². The molecule has 0 radical (unpaired) electrons. The molecular weight excluding hydrogens is 333 g/mol. The Balaban J connectivity index is 1.99. The number of nitrogens with zero attached hydrogens (tertiary/aromatic N) is 2. The Morgan fingerprint density at radius 2 is 1.61 bits per heavy atom. The summed E-state index contributed by atoms with van der Waals surface area (Å²) in [5.74, 6) is 0.685. The Morgan fingerprint density at radius 1 is 0.870 bits per heavy atom. The first-order chi connectivity index (χ1) is 11.0. The Kier molecular flexibility index (Phi) is 4.23. The van der Waals surface area contributed by atoms with Gasteiger partial charge in [-0.15, -0.1) is 0 Å². The van der Waals surface area contributed by atoms with Gasteiger partial charge in [-0.3, -0.25) is 0 Å². The van der Waals surface area contributed by atoms with Crippen molar-refractivity contribution in [1.82, 2.24) is 9.97 Å². The molecule has 0 bridgehead atoms. The summed E-state index contributed by atoms with van der Waals surface area (Å²) in [7, 11) is 0. The van der Waals surface area contributed by atoms with Crippen LogP contribution in [0.1, 0.15) is 0 Å². The number of aromatic nitrogens is 2. The number of nitrogens with one attached hydrogen (secondary N) is 1. The predicted molar refractivity (Wildman–Crippen MR) is 96.0 cm³/mol. The maximum absolute atomic E-state index is 6.22. The lowest BCUT2D eigenvalue weighted by atomic mass is 10.1. The third-order valence-electron chi connectivity index (χ3n) is 3.13. The van der Waals surface area contributed by atoms with Gasteiger partial charge in [-0.05, 0) is 42.5 Å². The van der Waals surface area contributed by atoms with E-state index < -0.39 is 0 Å². The number of rotatable bonds is 3. The second-order valence-corrected chi connectivity index (χ2v) is 5.71. The van der Waals surface area contributed by atoms with Gasteiger partial charge in [-0.1, -0.05) is 23.2 Å². The van der Waals surface area contributed by atoms with Crippen molar-refractivity contribution in [3.63, 3.8) is 0 Å². The van der Waals surface area contributed by atoms with Crippen molar-refractivity contribution in [2.24, 2.45) is 0 Å². The highest BCUT2D eigenvalue weighted by Gasteiger charge is 2.09. The van der Waals surface area contributed by atoms with Crippen molar-refractivity contribution < 1.29 is 0 Å². The molecule has 0 aliphatic rings. The minimum atomic E-state index is 0.136. The molecule has 0 aliphatic heterocycles. The maximum atomic E-state index is 6.22. The Hall–Kier alpha value is -2.50. The first-order valence-electron chi connectivity index (χ1n) is 6.74. The zero-order valence-corrected chi connectivity index (χ0v) is 13.4. The third kappa shape index (κ3) is 3.64. The van der Waals surface area contributed by atoms with E-state index in [1.54, 1.807) is 36.4 Å². The smallest absolute Gasteiger partial charge is 0.222 e. The zero-order chi connectivity index (χ0) is 16.4. The van der Waals surface area contributed by atoms with Crippen LogP contribution in [0.4, 0.5) is 23.1 Å². The van der Waals surface area contributed by atoms with Crippen LogP contribution in [0.15, 0.2) is 48.5 Å².